The molecule has 0 aliphatic heterocycles. The topological polar surface area (TPSA) is 59.8 Å². The Morgan fingerprint density at radius 2 is 2.10 bits per heavy atom. The Bertz CT molecular complexity index is 629. The number of aromatic nitrogens is 3. The minimum atomic E-state index is -0.0542. The Balaban J connectivity index is 2.00. The maximum absolute atomic E-state index is 12.1. The van der Waals surface area contributed by atoms with E-state index >= 15 is 0 Å². The number of nitrogens with zero attached hydrogens (tertiary/aromatic N) is 3. The lowest BCUT2D eigenvalue weighted by molar-refractivity contribution is 0.0951. The highest BCUT2D eigenvalue weighted by Gasteiger charge is 2.15. The normalized spacial score (nSPS) is 12.4. The highest BCUT2D eigenvalue weighted by Crippen LogP contribution is 2.17. The standard InChI is InChI=1S/C14H20N4OS/c1-8-6-9(2)18(17-8)10(3)7-15-14(19)13-11(4)16-12(5)20-13/h6,10H,7H2,1-5H3,(H,15,19). The van der Waals surface area contributed by atoms with E-state index in [-0.39, 0.29) is 11.9 Å². The van der Waals surface area contributed by atoms with Crippen LogP contribution in [0.25, 0.3) is 0 Å². The van der Waals surface area contributed by atoms with Crippen molar-refractivity contribution in [3.05, 3.63) is 33.0 Å². The molecular formula is C14H20N4OS. The van der Waals surface area contributed by atoms with Crippen LogP contribution in [-0.4, -0.2) is 27.2 Å². The van der Waals surface area contributed by atoms with E-state index in [1.54, 1.807) is 0 Å². The molecule has 1 atom stereocenters. The van der Waals surface area contributed by atoms with Crippen LogP contribution >= 0.6 is 11.3 Å². The van der Waals surface area contributed by atoms with E-state index in [0.717, 1.165) is 22.1 Å². The molecule has 0 aliphatic rings. The molecule has 5 nitrogen and oxygen atoms in total. The first-order chi connectivity index (χ1) is 9.38. The number of hydrogen-bond acceptors (Lipinski definition) is 4. The second kappa shape index (κ2) is 5.75. The third-order valence-electron chi connectivity index (χ3n) is 3.13. The minimum absolute atomic E-state index is 0.0542. The number of hydrogen-bond donors (Lipinski definition) is 1. The Morgan fingerprint density at radius 1 is 1.40 bits per heavy atom. The molecule has 0 aliphatic carbocycles. The van der Waals surface area contributed by atoms with Crippen LogP contribution in [0.4, 0.5) is 0 Å². The highest BCUT2D eigenvalue weighted by molar-refractivity contribution is 7.13. The van der Waals surface area contributed by atoms with Crippen LogP contribution in [0.2, 0.25) is 0 Å². The van der Waals surface area contributed by atoms with Crippen molar-refractivity contribution in [2.75, 3.05) is 6.54 Å². The van der Waals surface area contributed by atoms with Gasteiger partial charge in [0.1, 0.15) is 4.88 Å². The van der Waals surface area contributed by atoms with Crippen molar-refractivity contribution < 1.29 is 4.79 Å². The first kappa shape index (κ1) is 14.7. The highest BCUT2D eigenvalue weighted by atomic mass is 32.1. The summed E-state index contributed by atoms with van der Waals surface area (Å²) < 4.78 is 1.94. The van der Waals surface area contributed by atoms with Gasteiger partial charge >= 0.3 is 0 Å². The molecule has 0 bridgehead atoms. The summed E-state index contributed by atoms with van der Waals surface area (Å²) in [6.07, 6.45) is 0. The van der Waals surface area contributed by atoms with Gasteiger partial charge in [-0.25, -0.2) is 4.98 Å². The van der Waals surface area contributed by atoms with Crippen LogP contribution < -0.4 is 5.32 Å². The summed E-state index contributed by atoms with van der Waals surface area (Å²) in [6, 6.07) is 2.16. The smallest absolute Gasteiger partial charge is 0.263 e. The molecule has 1 N–H and O–H groups in total. The van der Waals surface area contributed by atoms with Crippen molar-refractivity contribution in [1.82, 2.24) is 20.1 Å². The van der Waals surface area contributed by atoms with E-state index < -0.39 is 0 Å². The molecule has 2 aromatic heterocycles. The molecular weight excluding hydrogens is 272 g/mol. The second-order valence-corrected chi connectivity index (χ2v) is 6.28. The van der Waals surface area contributed by atoms with Crippen molar-refractivity contribution >= 4 is 17.2 Å². The van der Waals surface area contributed by atoms with Gasteiger partial charge in [-0.1, -0.05) is 0 Å². The first-order valence-electron chi connectivity index (χ1n) is 6.63. The van der Waals surface area contributed by atoms with Gasteiger partial charge in [-0.2, -0.15) is 5.10 Å². The zero-order valence-electron chi connectivity index (χ0n) is 12.5. The molecule has 2 heterocycles. The van der Waals surface area contributed by atoms with Crippen LogP contribution in [0, 0.1) is 27.7 Å². The van der Waals surface area contributed by atoms with E-state index in [0.29, 0.717) is 11.4 Å². The van der Waals surface area contributed by atoms with Gasteiger partial charge in [0, 0.05) is 12.2 Å². The molecule has 0 aromatic carbocycles. The molecule has 0 spiro atoms. The van der Waals surface area contributed by atoms with E-state index in [1.807, 2.05) is 45.4 Å². The van der Waals surface area contributed by atoms with Crippen LogP contribution in [0.3, 0.4) is 0 Å². The molecule has 0 radical (unpaired) electrons. The molecule has 0 fully saturated rings. The fourth-order valence-electron chi connectivity index (χ4n) is 2.24. The van der Waals surface area contributed by atoms with Crippen LogP contribution in [0.1, 0.15) is 44.7 Å². The zero-order valence-corrected chi connectivity index (χ0v) is 13.3. The minimum Gasteiger partial charge on any atom is -0.349 e. The van der Waals surface area contributed by atoms with Gasteiger partial charge in [0.25, 0.3) is 5.91 Å². The molecule has 2 rings (SSSR count). The average molecular weight is 292 g/mol. The van der Waals surface area contributed by atoms with Crippen LogP contribution in [-0.2, 0) is 0 Å². The number of amides is 1. The molecule has 6 heteroatoms. The first-order valence-corrected chi connectivity index (χ1v) is 7.45. The van der Waals surface area contributed by atoms with Crippen molar-refractivity contribution in [3.63, 3.8) is 0 Å². The van der Waals surface area contributed by atoms with E-state index in [4.69, 9.17) is 0 Å². The molecule has 1 amide bonds. The SMILES string of the molecule is Cc1cc(C)n(C(C)CNC(=O)c2sc(C)nc2C)n1. The van der Waals surface area contributed by atoms with Crippen molar-refractivity contribution in [1.29, 1.82) is 0 Å². The molecule has 0 saturated carbocycles. The van der Waals surface area contributed by atoms with Crippen molar-refractivity contribution in [2.45, 2.75) is 40.7 Å². The summed E-state index contributed by atoms with van der Waals surface area (Å²) >= 11 is 1.43. The fraction of sp³-hybridized carbons (Fsp3) is 0.500. The van der Waals surface area contributed by atoms with Crippen LogP contribution in [0.5, 0.6) is 0 Å². The largest absolute Gasteiger partial charge is 0.349 e. The van der Waals surface area contributed by atoms with Gasteiger partial charge in [0.2, 0.25) is 0 Å². The Kier molecular flexibility index (Phi) is 4.23. The predicted molar refractivity (Wildman–Crippen MR) is 80.3 cm³/mol. The van der Waals surface area contributed by atoms with Gasteiger partial charge < -0.3 is 5.32 Å². The number of nitrogens with one attached hydrogen (secondary N) is 1. The lowest BCUT2D eigenvalue weighted by Crippen LogP contribution is -2.30. The molecule has 20 heavy (non-hydrogen) atoms. The third kappa shape index (κ3) is 3.07. The number of aryl methyl sites for hydroxylation is 4. The van der Waals surface area contributed by atoms with Crippen molar-refractivity contribution in [3.8, 4) is 0 Å². The molecule has 108 valence electrons. The number of carbonyl (C=O) groups excluding carboxylic acids is 1. The van der Waals surface area contributed by atoms with E-state index in [9.17, 15) is 4.79 Å². The lowest BCUT2D eigenvalue weighted by Gasteiger charge is -2.15. The molecule has 2 aromatic rings. The summed E-state index contributed by atoms with van der Waals surface area (Å²) in [6.45, 7) is 10.4. The van der Waals surface area contributed by atoms with Gasteiger partial charge in [-0.05, 0) is 40.7 Å². The number of carbonyl (C=O) groups is 1. The summed E-state index contributed by atoms with van der Waals surface area (Å²) in [5, 5.41) is 8.31. The number of thiazole rings is 1. The summed E-state index contributed by atoms with van der Waals surface area (Å²) in [4.78, 5) is 17.1. The maximum atomic E-state index is 12.1. The second-order valence-electron chi connectivity index (χ2n) is 5.08. The summed E-state index contributed by atoms with van der Waals surface area (Å²) in [7, 11) is 0. The Labute approximate surface area is 123 Å². The predicted octanol–water partition coefficient (Wildman–Crippen LogP) is 2.56. The van der Waals surface area contributed by atoms with Gasteiger partial charge in [0.05, 0.1) is 22.4 Å². The zero-order chi connectivity index (χ0) is 14.9. The third-order valence-corrected chi connectivity index (χ3v) is 4.20. The maximum Gasteiger partial charge on any atom is 0.263 e. The fourth-order valence-corrected chi connectivity index (χ4v) is 3.08. The van der Waals surface area contributed by atoms with Gasteiger partial charge in [-0.3, -0.25) is 9.48 Å². The van der Waals surface area contributed by atoms with Gasteiger partial charge in [0.15, 0.2) is 0 Å². The summed E-state index contributed by atoms with van der Waals surface area (Å²) in [5.74, 6) is -0.0542. The lowest BCUT2D eigenvalue weighted by atomic mass is 10.3. The Hall–Kier alpha value is -1.69. The number of rotatable bonds is 4. The van der Waals surface area contributed by atoms with E-state index in [2.05, 4.69) is 15.4 Å². The summed E-state index contributed by atoms with van der Waals surface area (Å²) in [5.41, 5.74) is 2.90. The van der Waals surface area contributed by atoms with Crippen LogP contribution in [0.15, 0.2) is 6.07 Å². The Morgan fingerprint density at radius 3 is 2.60 bits per heavy atom. The monoisotopic (exact) mass is 292 g/mol. The molecule has 1 unspecified atom stereocenters. The molecule has 0 saturated heterocycles. The quantitative estimate of drug-likeness (QED) is 0.942. The van der Waals surface area contributed by atoms with Crippen molar-refractivity contribution in [2.24, 2.45) is 0 Å². The van der Waals surface area contributed by atoms with Gasteiger partial charge in [-0.15, -0.1) is 11.3 Å². The van der Waals surface area contributed by atoms with E-state index in [1.165, 1.54) is 11.3 Å². The average Bonchev–Trinajstić information content (AvgIpc) is 2.88.